The highest BCUT2D eigenvalue weighted by atomic mass is 32.2. The lowest BCUT2D eigenvalue weighted by molar-refractivity contribution is -0.119. The van der Waals surface area contributed by atoms with Crippen molar-refractivity contribution in [3.8, 4) is 5.75 Å². The van der Waals surface area contributed by atoms with Gasteiger partial charge in [-0.05, 0) is 45.0 Å². The van der Waals surface area contributed by atoms with Crippen LogP contribution in [0.1, 0.15) is 20.8 Å². The van der Waals surface area contributed by atoms with Crippen LogP contribution in [0.4, 0.5) is 4.79 Å². The molecule has 0 spiro atoms. The Morgan fingerprint density at radius 3 is 2.25 bits per heavy atom. The van der Waals surface area contributed by atoms with Gasteiger partial charge in [0.2, 0.25) is 5.91 Å². The molecule has 5 nitrogen and oxygen atoms in total. The molecule has 0 aromatic heterocycles. The van der Waals surface area contributed by atoms with Crippen molar-refractivity contribution in [3.05, 3.63) is 24.3 Å². The van der Waals surface area contributed by atoms with Crippen LogP contribution >= 0.6 is 11.8 Å². The molecule has 0 aliphatic carbocycles. The van der Waals surface area contributed by atoms with Gasteiger partial charge in [0.05, 0.1) is 12.4 Å². The molecule has 0 aliphatic rings. The van der Waals surface area contributed by atoms with Gasteiger partial charge in [-0.25, -0.2) is 4.79 Å². The second kappa shape index (κ2) is 7.79. The molecule has 0 heterocycles. The first kappa shape index (κ1) is 16.4. The summed E-state index contributed by atoms with van der Waals surface area (Å²) in [6, 6.07) is 6.94. The van der Waals surface area contributed by atoms with Crippen LogP contribution in [0.15, 0.2) is 29.2 Å². The van der Waals surface area contributed by atoms with Crippen LogP contribution in [0, 0.1) is 0 Å². The predicted molar refractivity (Wildman–Crippen MR) is 80.1 cm³/mol. The molecule has 1 atom stereocenters. The Morgan fingerprint density at radius 2 is 1.75 bits per heavy atom. The van der Waals surface area contributed by atoms with Gasteiger partial charge < -0.3 is 10.1 Å². The van der Waals surface area contributed by atoms with Crippen molar-refractivity contribution in [3.63, 3.8) is 0 Å². The maximum Gasteiger partial charge on any atom is 0.321 e. The van der Waals surface area contributed by atoms with Gasteiger partial charge in [-0.2, -0.15) is 0 Å². The SMILES string of the molecule is COc1ccc(S[C@H](C)C(=O)NC(=O)NC(C)C)cc1. The highest BCUT2D eigenvalue weighted by Gasteiger charge is 2.17. The fourth-order valence-electron chi connectivity index (χ4n) is 1.42. The highest BCUT2D eigenvalue weighted by molar-refractivity contribution is 8.00. The summed E-state index contributed by atoms with van der Waals surface area (Å²) in [5.41, 5.74) is 0. The number of methoxy groups -OCH3 is 1. The molecule has 0 unspecified atom stereocenters. The number of carbonyl (C=O) groups is 2. The third kappa shape index (κ3) is 5.52. The van der Waals surface area contributed by atoms with Crippen molar-refractivity contribution in [1.82, 2.24) is 10.6 Å². The summed E-state index contributed by atoms with van der Waals surface area (Å²) >= 11 is 1.38. The smallest absolute Gasteiger partial charge is 0.321 e. The summed E-state index contributed by atoms with van der Waals surface area (Å²) in [5.74, 6) is 0.451. The fraction of sp³-hybridized carbons (Fsp3) is 0.429. The Hall–Kier alpha value is -1.69. The van der Waals surface area contributed by atoms with Gasteiger partial charge in [0.15, 0.2) is 0 Å². The number of hydrogen-bond donors (Lipinski definition) is 2. The summed E-state index contributed by atoms with van der Waals surface area (Å²) in [6.45, 7) is 5.42. The molecule has 1 aromatic rings. The van der Waals surface area contributed by atoms with Crippen molar-refractivity contribution in [2.24, 2.45) is 0 Å². The van der Waals surface area contributed by atoms with E-state index in [1.54, 1.807) is 14.0 Å². The van der Waals surface area contributed by atoms with Crippen molar-refractivity contribution >= 4 is 23.7 Å². The van der Waals surface area contributed by atoms with E-state index >= 15 is 0 Å². The van der Waals surface area contributed by atoms with Gasteiger partial charge in [0.1, 0.15) is 5.75 Å². The molecular weight excluding hydrogens is 276 g/mol. The Morgan fingerprint density at radius 1 is 1.15 bits per heavy atom. The number of ether oxygens (including phenoxy) is 1. The monoisotopic (exact) mass is 296 g/mol. The normalized spacial score (nSPS) is 11.8. The van der Waals surface area contributed by atoms with E-state index in [1.807, 2.05) is 38.1 Å². The van der Waals surface area contributed by atoms with Gasteiger partial charge >= 0.3 is 6.03 Å². The Balaban J connectivity index is 2.50. The standard InChI is InChI=1S/C14H20N2O3S/c1-9(2)15-14(18)16-13(17)10(3)20-12-7-5-11(19-4)6-8-12/h5-10H,1-4H3,(H2,15,16,17,18)/t10-/m1/s1. The van der Waals surface area contributed by atoms with Crippen LogP contribution in [0.3, 0.4) is 0 Å². The van der Waals surface area contributed by atoms with Crippen LogP contribution in [-0.2, 0) is 4.79 Å². The molecule has 0 saturated carbocycles. The maximum absolute atomic E-state index is 11.8. The second-order valence-electron chi connectivity index (χ2n) is 4.55. The zero-order chi connectivity index (χ0) is 15.1. The first-order chi connectivity index (χ1) is 9.42. The lowest BCUT2D eigenvalue weighted by Gasteiger charge is -2.13. The van der Waals surface area contributed by atoms with Gasteiger partial charge in [0.25, 0.3) is 0 Å². The molecule has 0 radical (unpaired) electrons. The first-order valence-electron chi connectivity index (χ1n) is 6.34. The van der Waals surface area contributed by atoms with Crippen LogP contribution in [-0.4, -0.2) is 30.3 Å². The minimum Gasteiger partial charge on any atom is -0.497 e. The van der Waals surface area contributed by atoms with Crippen molar-refractivity contribution in [2.75, 3.05) is 7.11 Å². The molecule has 0 fully saturated rings. The highest BCUT2D eigenvalue weighted by Crippen LogP contribution is 2.25. The number of imide groups is 1. The largest absolute Gasteiger partial charge is 0.497 e. The quantitative estimate of drug-likeness (QED) is 0.819. The molecule has 110 valence electrons. The van der Waals surface area contributed by atoms with Gasteiger partial charge in [-0.3, -0.25) is 10.1 Å². The summed E-state index contributed by atoms with van der Waals surface area (Å²) in [7, 11) is 1.60. The number of rotatable bonds is 5. The second-order valence-corrected chi connectivity index (χ2v) is 5.97. The van der Waals surface area contributed by atoms with Crippen LogP contribution in [0.5, 0.6) is 5.75 Å². The molecule has 0 saturated heterocycles. The van der Waals surface area contributed by atoms with E-state index in [1.165, 1.54) is 11.8 Å². The van der Waals surface area contributed by atoms with Crippen LogP contribution in [0.2, 0.25) is 0 Å². The minimum absolute atomic E-state index is 0.00709. The Kier molecular flexibility index (Phi) is 6.38. The third-order valence-electron chi connectivity index (χ3n) is 2.40. The average molecular weight is 296 g/mol. The number of nitrogens with one attached hydrogen (secondary N) is 2. The molecule has 0 aliphatic heterocycles. The molecule has 20 heavy (non-hydrogen) atoms. The Bertz CT molecular complexity index is 460. The van der Waals surface area contributed by atoms with E-state index in [0.29, 0.717) is 0 Å². The van der Waals surface area contributed by atoms with Crippen LogP contribution in [0.25, 0.3) is 0 Å². The Labute approximate surface area is 123 Å². The average Bonchev–Trinajstić information content (AvgIpc) is 2.38. The van der Waals surface area contributed by atoms with Gasteiger partial charge in [-0.15, -0.1) is 11.8 Å². The lowest BCUT2D eigenvalue weighted by Crippen LogP contribution is -2.45. The van der Waals surface area contributed by atoms with E-state index in [0.717, 1.165) is 10.6 Å². The molecule has 1 aromatic carbocycles. The number of hydrogen-bond acceptors (Lipinski definition) is 4. The molecule has 2 N–H and O–H groups in total. The van der Waals surface area contributed by atoms with Crippen molar-refractivity contribution in [2.45, 2.75) is 37.0 Å². The van der Waals surface area contributed by atoms with Gasteiger partial charge in [0, 0.05) is 10.9 Å². The number of urea groups is 1. The summed E-state index contributed by atoms with van der Waals surface area (Å²) in [4.78, 5) is 24.2. The molecule has 3 amide bonds. The van der Waals surface area contributed by atoms with E-state index < -0.39 is 6.03 Å². The van der Waals surface area contributed by atoms with E-state index in [2.05, 4.69) is 10.6 Å². The van der Waals surface area contributed by atoms with E-state index in [-0.39, 0.29) is 17.2 Å². The number of carbonyl (C=O) groups excluding carboxylic acids is 2. The zero-order valence-electron chi connectivity index (χ0n) is 12.1. The van der Waals surface area contributed by atoms with Crippen molar-refractivity contribution < 1.29 is 14.3 Å². The number of amides is 3. The topological polar surface area (TPSA) is 67.4 Å². The summed E-state index contributed by atoms with van der Waals surface area (Å²) in [6.07, 6.45) is 0. The van der Waals surface area contributed by atoms with Crippen molar-refractivity contribution in [1.29, 1.82) is 0 Å². The predicted octanol–water partition coefficient (Wildman–Crippen LogP) is 2.41. The zero-order valence-corrected chi connectivity index (χ0v) is 12.9. The van der Waals surface area contributed by atoms with E-state index in [4.69, 9.17) is 4.74 Å². The molecule has 6 heteroatoms. The minimum atomic E-state index is -0.466. The summed E-state index contributed by atoms with van der Waals surface area (Å²) in [5, 5.41) is 4.57. The summed E-state index contributed by atoms with van der Waals surface area (Å²) < 4.78 is 5.07. The lowest BCUT2D eigenvalue weighted by atomic mass is 10.3. The fourth-order valence-corrected chi connectivity index (χ4v) is 2.29. The number of benzene rings is 1. The molecule has 1 rings (SSSR count). The van der Waals surface area contributed by atoms with E-state index in [9.17, 15) is 9.59 Å². The third-order valence-corrected chi connectivity index (χ3v) is 3.51. The molecular formula is C14H20N2O3S. The van der Waals surface area contributed by atoms with Crippen LogP contribution < -0.4 is 15.4 Å². The molecule has 0 bridgehead atoms. The first-order valence-corrected chi connectivity index (χ1v) is 7.22. The van der Waals surface area contributed by atoms with Gasteiger partial charge in [-0.1, -0.05) is 0 Å². The maximum atomic E-state index is 11.8. The number of thioether (sulfide) groups is 1.